The lowest BCUT2D eigenvalue weighted by molar-refractivity contribution is 0.257. The van der Waals surface area contributed by atoms with E-state index in [-0.39, 0.29) is 0 Å². The molecule has 0 aromatic heterocycles. The van der Waals surface area contributed by atoms with Crippen LogP contribution in [0, 0.1) is 18.8 Å². The summed E-state index contributed by atoms with van der Waals surface area (Å²) in [6.07, 6.45) is 9.08. The smallest absolute Gasteiger partial charge is 0.0123 e. The van der Waals surface area contributed by atoms with Gasteiger partial charge in [0.1, 0.15) is 0 Å². The summed E-state index contributed by atoms with van der Waals surface area (Å²) in [7, 11) is 0. The van der Waals surface area contributed by atoms with Gasteiger partial charge in [-0.1, -0.05) is 59.8 Å². The van der Waals surface area contributed by atoms with Crippen LogP contribution in [0.1, 0.15) is 72.6 Å². The summed E-state index contributed by atoms with van der Waals surface area (Å²) < 4.78 is 0. The quantitative estimate of drug-likeness (QED) is 0.510. The molecular weight excluding hydrogens is 206 g/mol. The Bertz CT molecular complexity index is 156. The van der Waals surface area contributed by atoms with Gasteiger partial charge >= 0.3 is 0 Å². The minimum atomic E-state index is 0.564. The monoisotopic (exact) mass is 240 g/mol. The lowest BCUT2D eigenvalue weighted by atomic mass is 9.83. The molecule has 0 saturated carbocycles. The third-order valence-corrected chi connectivity index (χ3v) is 3.90. The van der Waals surface area contributed by atoms with Gasteiger partial charge in [-0.25, -0.2) is 0 Å². The zero-order valence-corrected chi connectivity index (χ0v) is 12.6. The average Bonchev–Trinajstić information content (AvgIpc) is 2.36. The molecule has 0 bridgehead atoms. The molecule has 17 heavy (non-hydrogen) atoms. The van der Waals surface area contributed by atoms with E-state index in [1.165, 1.54) is 44.9 Å². The Balaban J connectivity index is 4.28. The van der Waals surface area contributed by atoms with Crippen LogP contribution < -0.4 is 5.32 Å². The van der Waals surface area contributed by atoms with Crippen molar-refractivity contribution in [2.75, 3.05) is 6.54 Å². The highest BCUT2D eigenvalue weighted by atomic mass is 14.9. The summed E-state index contributed by atoms with van der Waals surface area (Å²) >= 11 is 0. The largest absolute Gasteiger partial charge is 0.313 e. The normalized spacial score (nSPS) is 16.8. The van der Waals surface area contributed by atoms with E-state index in [0.717, 1.165) is 12.5 Å². The second kappa shape index (κ2) is 11.1. The van der Waals surface area contributed by atoms with Crippen LogP contribution >= 0.6 is 0 Å². The van der Waals surface area contributed by atoms with Crippen molar-refractivity contribution in [2.45, 2.75) is 78.7 Å². The van der Waals surface area contributed by atoms with Gasteiger partial charge in [-0.15, -0.1) is 0 Å². The van der Waals surface area contributed by atoms with E-state index in [0.29, 0.717) is 12.0 Å². The van der Waals surface area contributed by atoms with Crippen molar-refractivity contribution in [3.8, 4) is 0 Å². The molecule has 0 aliphatic rings. The molecule has 0 aliphatic carbocycles. The maximum absolute atomic E-state index is 4.35. The third kappa shape index (κ3) is 7.08. The molecule has 1 radical (unpaired) electrons. The van der Waals surface area contributed by atoms with Gasteiger partial charge in [-0.2, -0.15) is 0 Å². The van der Waals surface area contributed by atoms with Crippen LogP contribution in [0.3, 0.4) is 0 Å². The number of unbranched alkanes of at least 4 members (excludes halogenated alkanes) is 2. The Kier molecular flexibility index (Phi) is 11.0. The Labute approximate surface area is 110 Å². The van der Waals surface area contributed by atoms with Crippen molar-refractivity contribution < 1.29 is 0 Å². The zero-order chi connectivity index (χ0) is 13.1. The van der Waals surface area contributed by atoms with Gasteiger partial charge in [0.25, 0.3) is 0 Å². The van der Waals surface area contributed by atoms with Crippen LogP contribution in [-0.4, -0.2) is 12.6 Å². The highest BCUT2D eigenvalue weighted by molar-refractivity contribution is 4.83. The predicted molar refractivity (Wildman–Crippen MR) is 79.1 cm³/mol. The van der Waals surface area contributed by atoms with Gasteiger partial charge in [0.15, 0.2) is 0 Å². The molecule has 0 fully saturated rings. The van der Waals surface area contributed by atoms with Crippen LogP contribution in [0.2, 0.25) is 0 Å². The molecule has 0 aromatic rings. The average molecular weight is 240 g/mol. The van der Waals surface area contributed by atoms with E-state index >= 15 is 0 Å². The molecule has 0 rings (SSSR count). The molecule has 0 heterocycles. The van der Waals surface area contributed by atoms with Gasteiger partial charge in [0.05, 0.1) is 0 Å². The summed E-state index contributed by atoms with van der Waals surface area (Å²) in [5.74, 6) is 1.38. The van der Waals surface area contributed by atoms with Crippen molar-refractivity contribution in [3.63, 3.8) is 0 Å². The van der Waals surface area contributed by atoms with E-state index in [9.17, 15) is 0 Å². The third-order valence-electron chi connectivity index (χ3n) is 3.90. The summed E-state index contributed by atoms with van der Waals surface area (Å²) in [5.41, 5.74) is 0. The van der Waals surface area contributed by atoms with Crippen LogP contribution in [0.25, 0.3) is 0 Å². The maximum Gasteiger partial charge on any atom is 0.0123 e. The van der Waals surface area contributed by atoms with Gasteiger partial charge in [0, 0.05) is 6.04 Å². The zero-order valence-electron chi connectivity index (χ0n) is 12.6. The highest BCUT2D eigenvalue weighted by Crippen LogP contribution is 2.24. The number of hydrogen-bond donors (Lipinski definition) is 1. The lowest BCUT2D eigenvalue weighted by Crippen LogP contribution is -2.41. The van der Waals surface area contributed by atoms with E-state index in [2.05, 4.69) is 39.9 Å². The van der Waals surface area contributed by atoms with E-state index in [4.69, 9.17) is 0 Å². The first-order valence-electron chi connectivity index (χ1n) is 7.77. The topological polar surface area (TPSA) is 12.0 Å². The Hall–Kier alpha value is -0.0400. The number of rotatable bonds is 11. The molecule has 103 valence electrons. The van der Waals surface area contributed by atoms with Gasteiger partial charge in [-0.3, -0.25) is 0 Å². The van der Waals surface area contributed by atoms with Crippen molar-refractivity contribution >= 4 is 0 Å². The summed E-state index contributed by atoms with van der Waals surface area (Å²) in [6, 6.07) is 0.628. The van der Waals surface area contributed by atoms with Crippen molar-refractivity contribution in [1.29, 1.82) is 0 Å². The lowest BCUT2D eigenvalue weighted by Gasteiger charge is -2.32. The second-order valence-corrected chi connectivity index (χ2v) is 5.31. The first-order chi connectivity index (χ1) is 8.21. The molecule has 1 N–H and O–H groups in total. The Morgan fingerprint density at radius 1 is 0.941 bits per heavy atom. The van der Waals surface area contributed by atoms with Crippen molar-refractivity contribution in [2.24, 2.45) is 11.8 Å². The standard InChI is InChI=1S/C16H34N/c1-6-10-12-15(9-4)16(14(5)8-3)17-13-11-7-2/h14-17H,5-13H2,1-4H3. The summed E-state index contributed by atoms with van der Waals surface area (Å²) in [6.45, 7) is 14.6. The van der Waals surface area contributed by atoms with Crippen LogP contribution in [0.5, 0.6) is 0 Å². The first kappa shape index (κ1) is 17.0. The molecule has 0 spiro atoms. The van der Waals surface area contributed by atoms with Crippen LogP contribution in [-0.2, 0) is 0 Å². The molecule has 0 aromatic carbocycles. The second-order valence-electron chi connectivity index (χ2n) is 5.31. The Morgan fingerprint density at radius 2 is 1.59 bits per heavy atom. The fourth-order valence-corrected chi connectivity index (χ4v) is 2.52. The molecule has 3 atom stereocenters. The minimum Gasteiger partial charge on any atom is -0.313 e. The first-order valence-corrected chi connectivity index (χ1v) is 7.77. The van der Waals surface area contributed by atoms with Gasteiger partial charge in [-0.05, 0) is 38.1 Å². The highest BCUT2D eigenvalue weighted by Gasteiger charge is 2.23. The van der Waals surface area contributed by atoms with Crippen molar-refractivity contribution in [3.05, 3.63) is 6.92 Å². The van der Waals surface area contributed by atoms with Gasteiger partial charge < -0.3 is 5.32 Å². The molecule has 0 amide bonds. The molecule has 0 aliphatic heterocycles. The maximum atomic E-state index is 4.35. The van der Waals surface area contributed by atoms with Crippen LogP contribution in [0.4, 0.5) is 0 Å². The van der Waals surface area contributed by atoms with E-state index in [1.807, 2.05) is 0 Å². The molecule has 1 heteroatoms. The van der Waals surface area contributed by atoms with Crippen molar-refractivity contribution in [1.82, 2.24) is 5.32 Å². The molecular formula is C16H34N. The van der Waals surface area contributed by atoms with E-state index < -0.39 is 0 Å². The minimum absolute atomic E-state index is 0.564. The molecule has 0 saturated heterocycles. The number of hydrogen-bond acceptors (Lipinski definition) is 1. The SMILES string of the molecule is [CH2]C(CC)C(NCCCC)C(CC)CCCC. The molecule has 1 nitrogen and oxygen atoms in total. The van der Waals surface area contributed by atoms with E-state index in [1.54, 1.807) is 0 Å². The molecule has 3 unspecified atom stereocenters. The fraction of sp³-hybridized carbons (Fsp3) is 0.938. The Morgan fingerprint density at radius 3 is 2.06 bits per heavy atom. The summed E-state index contributed by atoms with van der Waals surface area (Å²) in [5, 5.41) is 3.77. The number of nitrogens with one attached hydrogen (secondary N) is 1. The summed E-state index contributed by atoms with van der Waals surface area (Å²) in [4.78, 5) is 0. The van der Waals surface area contributed by atoms with Crippen LogP contribution in [0.15, 0.2) is 0 Å². The predicted octanol–water partition coefficient (Wildman–Crippen LogP) is 4.82. The fourth-order valence-electron chi connectivity index (χ4n) is 2.52. The van der Waals surface area contributed by atoms with Gasteiger partial charge in [0.2, 0.25) is 0 Å².